The fourth-order valence-electron chi connectivity index (χ4n) is 1.37. The van der Waals surface area contributed by atoms with Crippen molar-refractivity contribution >= 4 is 11.7 Å². The van der Waals surface area contributed by atoms with Crippen molar-refractivity contribution in [3.05, 3.63) is 33.6 Å². The van der Waals surface area contributed by atoms with Gasteiger partial charge in [-0.25, -0.2) is 0 Å². The molecule has 1 aromatic rings. The second-order valence-corrected chi connectivity index (χ2v) is 3.55. The number of hydrogen-bond donors (Lipinski definition) is 1. The van der Waals surface area contributed by atoms with Crippen LogP contribution in [0.3, 0.4) is 0 Å². The second kappa shape index (κ2) is 5.35. The molecule has 0 amide bonds. The highest BCUT2D eigenvalue weighted by atomic mass is 16.6. The molecule has 0 spiro atoms. The van der Waals surface area contributed by atoms with E-state index in [1.165, 1.54) is 7.11 Å². The zero-order valence-corrected chi connectivity index (χ0v) is 9.54. The van der Waals surface area contributed by atoms with E-state index in [4.69, 9.17) is 5.73 Å². The fourth-order valence-corrected chi connectivity index (χ4v) is 1.37. The highest BCUT2D eigenvalue weighted by Crippen LogP contribution is 2.17. The first-order valence-corrected chi connectivity index (χ1v) is 4.89. The minimum Gasteiger partial charge on any atom is -0.468 e. The van der Waals surface area contributed by atoms with Crippen LogP contribution in [0.1, 0.15) is 11.3 Å². The van der Waals surface area contributed by atoms with E-state index in [9.17, 15) is 14.9 Å². The van der Waals surface area contributed by atoms with Crippen molar-refractivity contribution in [3.63, 3.8) is 0 Å². The number of carbonyl (C=O) groups excluding carboxylic acids is 1. The predicted molar refractivity (Wildman–Crippen MR) is 59.3 cm³/mol. The Morgan fingerprint density at radius 2 is 2.35 bits per heavy atom. The average molecular weight is 239 g/mol. The van der Waals surface area contributed by atoms with Crippen LogP contribution < -0.4 is 5.73 Å². The Hall–Kier alpha value is -2.02. The number of pyridine rings is 1. The van der Waals surface area contributed by atoms with E-state index in [0.717, 1.165) is 6.20 Å². The molecule has 7 heteroatoms. The molecular formula is C10H13N3O4. The summed E-state index contributed by atoms with van der Waals surface area (Å²) in [5.74, 6) is -0.539. The largest absolute Gasteiger partial charge is 0.468 e. The lowest BCUT2D eigenvalue weighted by Gasteiger charge is -2.08. The highest BCUT2D eigenvalue weighted by Gasteiger charge is 2.17. The van der Waals surface area contributed by atoms with Gasteiger partial charge in [-0.2, -0.15) is 0 Å². The first-order valence-electron chi connectivity index (χ1n) is 4.89. The number of carbonyl (C=O) groups is 1. The summed E-state index contributed by atoms with van der Waals surface area (Å²) in [6, 6.07) is 0.731. The average Bonchev–Trinajstić information content (AvgIpc) is 2.27. The molecule has 0 aliphatic heterocycles. The fraction of sp³-hybridized carbons (Fsp3) is 0.400. The number of nitro groups is 1. The van der Waals surface area contributed by atoms with Gasteiger partial charge < -0.3 is 10.5 Å². The molecule has 1 aromatic heterocycles. The van der Waals surface area contributed by atoms with Crippen LogP contribution >= 0.6 is 0 Å². The Kier molecular flexibility index (Phi) is 4.11. The SMILES string of the molecule is COC(=O)[C@H](N)Cc1cc(C)c([N+](=O)[O-])cn1. The quantitative estimate of drug-likeness (QED) is 0.461. The first kappa shape index (κ1) is 13.0. The topological polar surface area (TPSA) is 108 Å². The first-order chi connectivity index (χ1) is 7.95. The van der Waals surface area contributed by atoms with Crippen molar-refractivity contribution in [2.75, 3.05) is 7.11 Å². The summed E-state index contributed by atoms with van der Waals surface area (Å²) in [7, 11) is 1.25. The molecule has 0 bridgehead atoms. The molecule has 0 aromatic carbocycles. The number of nitrogens with zero attached hydrogens (tertiary/aromatic N) is 2. The van der Waals surface area contributed by atoms with Gasteiger partial charge >= 0.3 is 5.97 Å². The molecule has 1 heterocycles. The minimum absolute atomic E-state index is 0.0552. The van der Waals surface area contributed by atoms with Crippen LogP contribution in [0.25, 0.3) is 0 Å². The molecule has 92 valence electrons. The molecule has 0 radical (unpaired) electrons. The minimum atomic E-state index is -0.812. The number of nitrogens with two attached hydrogens (primary N) is 1. The van der Waals surface area contributed by atoms with Gasteiger partial charge in [0.1, 0.15) is 12.2 Å². The number of rotatable bonds is 4. The standard InChI is InChI=1S/C10H13N3O4/c1-6-3-7(4-8(11)10(14)17-2)12-5-9(6)13(15)16/h3,5,8H,4,11H2,1-2H3/t8-/m1/s1. The van der Waals surface area contributed by atoms with Gasteiger partial charge in [0, 0.05) is 17.7 Å². The molecule has 7 nitrogen and oxygen atoms in total. The van der Waals surface area contributed by atoms with E-state index >= 15 is 0 Å². The zero-order chi connectivity index (χ0) is 13.0. The summed E-state index contributed by atoms with van der Waals surface area (Å²) < 4.78 is 4.48. The lowest BCUT2D eigenvalue weighted by atomic mass is 10.1. The van der Waals surface area contributed by atoms with Crippen molar-refractivity contribution in [1.82, 2.24) is 4.98 Å². The van der Waals surface area contributed by atoms with Gasteiger partial charge in [0.15, 0.2) is 0 Å². The summed E-state index contributed by atoms with van der Waals surface area (Å²) >= 11 is 0. The van der Waals surface area contributed by atoms with Crippen LogP contribution in [0, 0.1) is 17.0 Å². The third-order valence-electron chi connectivity index (χ3n) is 2.27. The molecule has 0 unspecified atom stereocenters. The van der Waals surface area contributed by atoms with Gasteiger partial charge in [-0.3, -0.25) is 19.9 Å². The van der Waals surface area contributed by atoms with E-state index in [1.54, 1.807) is 13.0 Å². The Morgan fingerprint density at radius 1 is 1.71 bits per heavy atom. The summed E-state index contributed by atoms with van der Waals surface area (Å²) in [6.07, 6.45) is 1.35. The number of aryl methyl sites for hydroxylation is 1. The van der Waals surface area contributed by atoms with Gasteiger partial charge in [0.05, 0.1) is 12.0 Å². The summed E-state index contributed by atoms with van der Waals surface area (Å²) in [4.78, 5) is 25.0. The summed E-state index contributed by atoms with van der Waals surface area (Å²) in [6.45, 7) is 1.60. The van der Waals surface area contributed by atoms with E-state index in [2.05, 4.69) is 9.72 Å². The second-order valence-electron chi connectivity index (χ2n) is 3.55. The molecule has 1 rings (SSSR count). The molecule has 2 N–H and O–H groups in total. The maximum atomic E-state index is 11.1. The maximum absolute atomic E-state index is 11.1. The predicted octanol–water partition coefficient (Wildman–Crippen LogP) is 0.341. The van der Waals surface area contributed by atoms with Crippen molar-refractivity contribution in [2.24, 2.45) is 5.73 Å². The molecule has 0 saturated carbocycles. The van der Waals surface area contributed by atoms with Gasteiger partial charge in [0.2, 0.25) is 0 Å². The Labute approximate surface area is 97.7 Å². The van der Waals surface area contributed by atoms with Crippen LogP contribution in [0.4, 0.5) is 5.69 Å². The Balaban J connectivity index is 2.84. The highest BCUT2D eigenvalue weighted by molar-refractivity contribution is 5.75. The van der Waals surface area contributed by atoms with Crippen LogP contribution in [0.5, 0.6) is 0 Å². The van der Waals surface area contributed by atoms with E-state index in [-0.39, 0.29) is 12.1 Å². The number of methoxy groups -OCH3 is 1. The molecule has 1 atom stereocenters. The van der Waals surface area contributed by atoms with Gasteiger partial charge in [-0.1, -0.05) is 0 Å². The summed E-state index contributed by atoms with van der Waals surface area (Å²) in [5.41, 5.74) is 6.51. The lowest BCUT2D eigenvalue weighted by molar-refractivity contribution is -0.385. The zero-order valence-electron chi connectivity index (χ0n) is 9.54. The number of hydrogen-bond acceptors (Lipinski definition) is 6. The number of esters is 1. The maximum Gasteiger partial charge on any atom is 0.323 e. The smallest absolute Gasteiger partial charge is 0.323 e. The van der Waals surface area contributed by atoms with Gasteiger partial charge in [-0.15, -0.1) is 0 Å². The number of aromatic nitrogens is 1. The van der Waals surface area contributed by atoms with Crippen molar-refractivity contribution < 1.29 is 14.5 Å². The van der Waals surface area contributed by atoms with Crippen LogP contribution in [-0.2, 0) is 16.0 Å². The van der Waals surface area contributed by atoms with E-state index in [1.807, 2.05) is 0 Å². The van der Waals surface area contributed by atoms with Crippen molar-refractivity contribution in [3.8, 4) is 0 Å². The van der Waals surface area contributed by atoms with Gasteiger partial charge in [0.25, 0.3) is 5.69 Å². The Bertz CT molecular complexity index is 447. The van der Waals surface area contributed by atoms with Gasteiger partial charge in [-0.05, 0) is 13.0 Å². The molecule has 0 aliphatic rings. The molecule has 17 heavy (non-hydrogen) atoms. The third kappa shape index (κ3) is 3.22. The monoisotopic (exact) mass is 239 g/mol. The van der Waals surface area contributed by atoms with Crippen LogP contribution in [-0.4, -0.2) is 29.0 Å². The third-order valence-corrected chi connectivity index (χ3v) is 2.27. The van der Waals surface area contributed by atoms with E-state index < -0.39 is 16.9 Å². The van der Waals surface area contributed by atoms with E-state index in [0.29, 0.717) is 11.3 Å². The number of ether oxygens (including phenoxy) is 1. The van der Waals surface area contributed by atoms with Crippen molar-refractivity contribution in [1.29, 1.82) is 0 Å². The molecule has 0 fully saturated rings. The normalized spacial score (nSPS) is 11.9. The molecule has 0 saturated heterocycles. The Morgan fingerprint density at radius 3 is 2.82 bits per heavy atom. The van der Waals surface area contributed by atoms with Crippen LogP contribution in [0.15, 0.2) is 12.3 Å². The molecular weight excluding hydrogens is 226 g/mol. The van der Waals surface area contributed by atoms with Crippen molar-refractivity contribution in [2.45, 2.75) is 19.4 Å². The molecule has 0 aliphatic carbocycles. The summed E-state index contributed by atoms with van der Waals surface area (Å²) in [5, 5.41) is 10.6. The lowest BCUT2D eigenvalue weighted by Crippen LogP contribution is -2.33. The van der Waals surface area contributed by atoms with Crippen LogP contribution in [0.2, 0.25) is 0 Å².